The van der Waals surface area contributed by atoms with E-state index in [0.29, 0.717) is 21.3 Å². The minimum absolute atomic E-state index is 0.157. The number of nitrogens with zero attached hydrogens (tertiary/aromatic N) is 2. The molecule has 1 N–H and O–H groups in total. The van der Waals surface area contributed by atoms with E-state index in [2.05, 4.69) is 21.1 Å². The van der Waals surface area contributed by atoms with E-state index in [1.807, 2.05) is 31.2 Å². The lowest BCUT2D eigenvalue weighted by atomic mass is 9.83. The second-order valence-corrected chi connectivity index (χ2v) is 7.61. The van der Waals surface area contributed by atoms with Crippen LogP contribution in [0.5, 0.6) is 0 Å². The molecule has 1 unspecified atom stereocenters. The molecule has 0 amide bonds. The molecular weight excluding hydrogens is 423 g/mol. The van der Waals surface area contributed by atoms with Crippen LogP contribution in [0.25, 0.3) is 0 Å². The van der Waals surface area contributed by atoms with E-state index in [9.17, 15) is 14.4 Å². The third-order valence-corrected chi connectivity index (χ3v) is 5.33. The van der Waals surface area contributed by atoms with Gasteiger partial charge in [0.2, 0.25) is 5.56 Å². The highest BCUT2D eigenvalue weighted by Gasteiger charge is 2.23. The van der Waals surface area contributed by atoms with Gasteiger partial charge in [0, 0.05) is 41.7 Å². The monoisotopic (exact) mass is 442 g/mol. The van der Waals surface area contributed by atoms with Gasteiger partial charge in [-0.15, -0.1) is 0 Å². The Bertz CT molecular complexity index is 1090. The second kappa shape index (κ2) is 8.52. The molecule has 0 fully saturated rings. The fourth-order valence-electron chi connectivity index (χ4n) is 3.32. The van der Waals surface area contributed by atoms with Crippen molar-refractivity contribution in [2.45, 2.75) is 19.3 Å². The minimum Gasteiger partial charge on any atom is -0.411 e. The number of aromatic nitrogens is 1. The minimum atomic E-state index is -0.350. The average molecular weight is 443 g/mol. The first-order valence-corrected chi connectivity index (χ1v) is 9.58. The van der Waals surface area contributed by atoms with Crippen molar-refractivity contribution in [3.8, 4) is 0 Å². The first kappa shape index (κ1) is 20.0. The summed E-state index contributed by atoms with van der Waals surface area (Å²) in [6.45, 7) is 1.97. The quantitative estimate of drug-likeness (QED) is 0.343. The zero-order valence-electron chi connectivity index (χ0n) is 15.6. The lowest BCUT2D eigenvalue weighted by molar-refractivity contribution is 0.317. The fourth-order valence-corrected chi connectivity index (χ4v) is 3.66. The van der Waals surface area contributed by atoms with Crippen LogP contribution in [-0.2, 0) is 7.05 Å². The van der Waals surface area contributed by atoms with Gasteiger partial charge in [-0.1, -0.05) is 51.4 Å². The van der Waals surface area contributed by atoms with Crippen molar-refractivity contribution in [1.29, 1.82) is 0 Å². The Kier molecular flexibility index (Phi) is 6.09. The molecule has 4 nitrogen and oxygen atoms in total. The Labute approximate surface area is 171 Å². The average Bonchev–Trinajstić information content (AvgIpc) is 2.67. The van der Waals surface area contributed by atoms with Crippen LogP contribution in [0.4, 0.5) is 4.39 Å². The van der Waals surface area contributed by atoms with Crippen LogP contribution in [0.2, 0.25) is 0 Å². The third kappa shape index (κ3) is 4.22. The van der Waals surface area contributed by atoms with Gasteiger partial charge in [-0.3, -0.25) is 4.79 Å². The van der Waals surface area contributed by atoms with Crippen LogP contribution in [0.1, 0.15) is 34.6 Å². The summed E-state index contributed by atoms with van der Waals surface area (Å²) in [5.41, 5.74) is 3.33. The van der Waals surface area contributed by atoms with Crippen LogP contribution in [0, 0.1) is 12.7 Å². The van der Waals surface area contributed by atoms with E-state index in [1.165, 1.54) is 16.7 Å². The molecule has 0 radical (unpaired) electrons. The summed E-state index contributed by atoms with van der Waals surface area (Å²) in [6, 6.07) is 15.8. The SMILES string of the molecule is Cc1ccccc1C(C/C(=N\O)c1ccc(=O)n(C)c1)c1ccc(Br)cc1F. The number of aryl methyl sites for hydroxylation is 2. The highest BCUT2D eigenvalue weighted by Crippen LogP contribution is 2.34. The second-order valence-electron chi connectivity index (χ2n) is 6.69. The third-order valence-electron chi connectivity index (χ3n) is 4.84. The van der Waals surface area contributed by atoms with E-state index in [4.69, 9.17) is 0 Å². The van der Waals surface area contributed by atoms with Gasteiger partial charge >= 0.3 is 0 Å². The molecular formula is C22H20BrFN2O2. The first-order chi connectivity index (χ1) is 13.4. The number of hydrogen-bond acceptors (Lipinski definition) is 3. The van der Waals surface area contributed by atoms with Crippen molar-refractivity contribution in [2.75, 3.05) is 0 Å². The number of hydrogen-bond donors (Lipinski definition) is 1. The molecule has 0 aliphatic carbocycles. The summed E-state index contributed by atoms with van der Waals surface area (Å²) in [4.78, 5) is 11.7. The molecule has 6 heteroatoms. The Hall–Kier alpha value is -2.73. The number of halogens is 2. The van der Waals surface area contributed by atoms with E-state index in [0.717, 1.165) is 11.1 Å². The van der Waals surface area contributed by atoms with Gasteiger partial charge in [-0.25, -0.2) is 4.39 Å². The number of pyridine rings is 1. The predicted octanol–water partition coefficient (Wildman–Crippen LogP) is 5.00. The largest absolute Gasteiger partial charge is 0.411 e. The van der Waals surface area contributed by atoms with Gasteiger partial charge in [0.05, 0.1) is 5.71 Å². The Morgan fingerprint density at radius 3 is 2.57 bits per heavy atom. The molecule has 3 rings (SSSR count). The normalized spacial score (nSPS) is 12.8. The number of benzene rings is 2. The van der Waals surface area contributed by atoms with Crippen molar-refractivity contribution >= 4 is 21.6 Å². The van der Waals surface area contributed by atoms with Gasteiger partial charge in [0.25, 0.3) is 0 Å². The molecule has 0 saturated carbocycles. The lowest BCUT2D eigenvalue weighted by Crippen LogP contribution is -2.18. The predicted molar refractivity (Wildman–Crippen MR) is 112 cm³/mol. The van der Waals surface area contributed by atoms with Crippen molar-refractivity contribution in [3.05, 3.63) is 104 Å². The summed E-state index contributed by atoms with van der Waals surface area (Å²) in [5.74, 6) is -0.683. The standard InChI is InChI=1S/C22H20BrFN2O2/c1-14-5-3-4-6-17(14)19(18-9-8-16(23)11-20(18)24)12-21(25-28)15-7-10-22(27)26(2)13-15/h3-11,13,19,28H,12H2,1-2H3/b25-21+. The Morgan fingerprint density at radius 2 is 1.93 bits per heavy atom. The highest BCUT2D eigenvalue weighted by atomic mass is 79.9. The molecule has 0 aliphatic heterocycles. The summed E-state index contributed by atoms with van der Waals surface area (Å²) < 4.78 is 16.9. The van der Waals surface area contributed by atoms with Crippen molar-refractivity contribution in [2.24, 2.45) is 12.2 Å². The molecule has 28 heavy (non-hydrogen) atoms. The molecule has 1 heterocycles. The molecule has 3 aromatic rings. The molecule has 1 aromatic heterocycles. The van der Waals surface area contributed by atoms with Crippen LogP contribution < -0.4 is 5.56 Å². The van der Waals surface area contributed by atoms with E-state index in [-0.39, 0.29) is 23.7 Å². The van der Waals surface area contributed by atoms with Crippen molar-refractivity contribution in [1.82, 2.24) is 4.57 Å². The van der Waals surface area contributed by atoms with E-state index < -0.39 is 0 Å². The molecule has 144 valence electrons. The smallest absolute Gasteiger partial charge is 0.250 e. The van der Waals surface area contributed by atoms with E-state index >= 15 is 0 Å². The molecule has 0 aliphatic rings. The Morgan fingerprint density at radius 1 is 1.18 bits per heavy atom. The van der Waals surface area contributed by atoms with Crippen LogP contribution in [0.15, 0.2) is 75.2 Å². The van der Waals surface area contributed by atoms with Gasteiger partial charge in [-0.05, 0) is 41.8 Å². The van der Waals surface area contributed by atoms with Crippen molar-refractivity contribution < 1.29 is 9.60 Å². The summed E-state index contributed by atoms with van der Waals surface area (Å²) in [6.07, 6.45) is 1.89. The molecule has 2 aromatic carbocycles. The number of rotatable bonds is 5. The Balaban J connectivity index is 2.09. The zero-order valence-corrected chi connectivity index (χ0v) is 17.1. The van der Waals surface area contributed by atoms with E-state index in [1.54, 1.807) is 31.4 Å². The summed E-state index contributed by atoms with van der Waals surface area (Å²) in [5, 5.41) is 13.1. The van der Waals surface area contributed by atoms with Gasteiger partial charge in [0.1, 0.15) is 5.82 Å². The van der Waals surface area contributed by atoms with Crippen LogP contribution in [-0.4, -0.2) is 15.5 Å². The molecule has 1 atom stereocenters. The topological polar surface area (TPSA) is 54.6 Å². The first-order valence-electron chi connectivity index (χ1n) is 8.79. The maximum absolute atomic E-state index is 14.8. The highest BCUT2D eigenvalue weighted by molar-refractivity contribution is 9.10. The van der Waals surface area contributed by atoms with Crippen LogP contribution >= 0.6 is 15.9 Å². The van der Waals surface area contributed by atoms with Crippen molar-refractivity contribution in [3.63, 3.8) is 0 Å². The molecule has 0 spiro atoms. The fraction of sp³-hybridized carbons (Fsp3) is 0.182. The maximum Gasteiger partial charge on any atom is 0.250 e. The van der Waals surface area contributed by atoms with Crippen LogP contribution in [0.3, 0.4) is 0 Å². The van der Waals surface area contributed by atoms with Gasteiger partial charge in [0.15, 0.2) is 0 Å². The number of oxime groups is 1. The molecule has 0 saturated heterocycles. The summed E-state index contributed by atoms with van der Waals surface area (Å²) >= 11 is 3.30. The van der Waals surface area contributed by atoms with Gasteiger partial charge < -0.3 is 9.77 Å². The maximum atomic E-state index is 14.8. The lowest BCUT2D eigenvalue weighted by Gasteiger charge is -2.21. The zero-order chi connectivity index (χ0) is 20.3. The molecule has 0 bridgehead atoms. The summed E-state index contributed by atoms with van der Waals surface area (Å²) in [7, 11) is 1.63. The van der Waals surface area contributed by atoms with Gasteiger partial charge in [-0.2, -0.15) is 0 Å².